The molecule has 2 atom stereocenters. The second-order valence-electron chi connectivity index (χ2n) is 7.72. The van der Waals surface area contributed by atoms with E-state index in [2.05, 4.69) is 58.2 Å². The molecule has 1 saturated heterocycles. The summed E-state index contributed by atoms with van der Waals surface area (Å²) in [6.07, 6.45) is 0.346. The van der Waals surface area contributed by atoms with Crippen LogP contribution >= 0.6 is 0 Å². The van der Waals surface area contributed by atoms with Gasteiger partial charge in [-0.05, 0) is 17.7 Å². The van der Waals surface area contributed by atoms with Crippen LogP contribution in [0.1, 0.15) is 17.4 Å². The van der Waals surface area contributed by atoms with Crippen molar-refractivity contribution in [1.29, 1.82) is 0 Å². The van der Waals surface area contributed by atoms with Crippen LogP contribution in [0, 0.1) is 0 Å². The Labute approximate surface area is 172 Å². The van der Waals surface area contributed by atoms with Gasteiger partial charge in [-0.25, -0.2) is 4.98 Å². The van der Waals surface area contributed by atoms with E-state index in [9.17, 15) is 5.11 Å². The Kier molecular flexibility index (Phi) is 6.56. The van der Waals surface area contributed by atoms with Crippen LogP contribution in [0.15, 0.2) is 54.6 Å². The van der Waals surface area contributed by atoms with E-state index in [0.717, 1.165) is 49.6 Å². The third kappa shape index (κ3) is 5.03. The van der Waals surface area contributed by atoms with E-state index in [4.69, 9.17) is 9.72 Å². The zero-order chi connectivity index (χ0) is 20.1. The molecule has 1 aromatic heterocycles. The molecule has 0 amide bonds. The Morgan fingerprint density at radius 3 is 2.55 bits per heavy atom. The molecule has 3 aromatic rings. The molecule has 0 spiro atoms. The number of imidazole rings is 1. The highest BCUT2D eigenvalue weighted by Gasteiger charge is 2.19. The average Bonchev–Trinajstić information content (AvgIpc) is 3.08. The van der Waals surface area contributed by atoms with Gasteiger partial charge in [-0.1, -0.05) is 42.5 Å². The van der Waals surface area contributed by atoms with Crippen LogP contribution in [0.4, 0.5) is 0 Å². The summed E-state index contributed by atoms with van der Waals surface area (Å²) in [4.78, 5) is 7.10. The van der Waals surface area contributed by atoms with Gasteiger partial charge >= 0.3 is 0 Å². The Bertz CT molecular complexity index is 906. The van der Waals surface area contributed by atoms with Crippen LogP contribution in [0.2, 0.25) is 0 Å². The van der Waals surface area contributed by atoms with Crippen molar-refractivity contribution in [2.24, 2.45) is 7.05 Å². The van der Waals surface area contributed by atoms with Crippen molar-refractivity contribution in [2.45, 2.75) is 18.6 Å². The molecule has 6 heteroatoms. The van der Waals surface area contributed by atoms with E-state index in [1.807, 2.05) is 18.2 Å². The molecule has 0 bridgehead atoms. The average molecular weight is 395 g/mol. The summed E-state index contributed by atoms with van der Waals surface area (Å²) in [6, 6.07) is 18.7. The Hall–Kier alpha value is -2.25. The highest BCUT2D eigenvalue weighted by atomic mass is 16.5. The molecule has 4 rings (SSSR count). The Morgan fingerprint density at radius 2 is 1.79 bits per heavy atom. The predicted molar refractivity (Wildman–Crippen MR) is 115 cm³/mol. The van der Waals surface area contributed by atoms with E-state index in [1.165, 1.54) is 5.56 Å². The minimum atomic E-state index is -0.417. The number of hydrogen-bond acceptors (Lipinski definition) is 5. The van der Waals surface area contributed by atoms with Crippen LogP contribution in [0.3, 0.4) is 0 Å². The third-order valence-corrected chi connectivity index (χ3v) is 5.64. The van der Waals surface area contributed by atoms with Crippen molar-refractivity contribution in [3.05, 3.63) is 66.0 Å². The molecule has 6 nitrogen and oxygen atoms in total. The van der Waals surface area contributed by atoms with Crippen LogP contribution in [0.25, 0.3) is 11.0 Å². The number of rotatable bonds is 8. The lowest BCUT2D eigenvalue weighted by atomic mass is 10.0. The van der Waals surface area contributed by atoms with E-state index in [0.29, 0.717) is 13.1 Å². The van der Waals surface area contributed by atoms with Gasteiger partial charge in [0, 0.05) is 45.7 Å². The van der Waals surface area contributed by atoms with Gasteiger partial charge in [0.25, 0.3) is 0 Å². The van der Waals surface area contributed by atoms with Crippen molar-refractivity contribution in [1.82, 2.24) is 19.8 Å². The lowest BCUT2D eigenvalue weighted by Gasteiger charge is -2.29. The summed E-state index contributed by atoms with van der Waals surface area (Å²) in [5.41, 5.74) is 3.36. The molecule has 0 saturated carbocycles. The molecule has 154 valence electrons. The molecule has 1 aliphatic rings. The van der Waals surface area contributed by atoms with Crippen LogP contribution in [-0.2, 0) is 18.2 Å². The van der Waals surface area contributed by atoms with E-state index in [1.54, 1.807) is 0 Å². The number of nitrogens with one attached hydrogen (secondary N) is 1. The van der Waals surface area contributed by atoms with Gasteiger partial charge in [-0.15, -0.1) is 0 Å². The molecular weight excluding hydrogens is 364 g/mol. The SMILES string of the molecule is Cn1c(C[C@H](NC[C@@H](O)CN2CCOCC2)c2ccccc2)nc2ccccc21. The number of aromatic nitrogens is 2. The number of hydrogen-bond donors (Lipinski definition) is 2. The molecule has 1 aliphatic heterocycles. The first-order valence-electron chi connectivity index (χ1n) is 10.4. The van der Waals surface area contributed by atoms with E-state index >= 15 is 0 Å². The standard InChI is InChI=1S/C23H30N4O2/c1-26-22-10-6-5-9-20(22)25-23(26)15-21(18-7-3-2-4-8-18)24-16-19(28)17-27-11-13-29-14-12-27/h2-10,19,21,24,28H,11-17H2,1H3/t19-,21+/m1/s1. The van der Waals surface area contributed by atoms with Gasteiger partial charge in [0.15, 0.2) is 0 Å². The van der Waals surface area contributed by atoms with Crippen LogP contribution in [0.5, 0.6) is 0 Å². The number of β-amino-alcohol motifs (C(OH)–C–C–N with tert-alkyl or cyclic N) is 1. The van der Waals surface area contributed by atoms with Gasteiger partial charge in [0.1, 0.15) is 5.82 Å². The first kappa shape index (κ1) is 20.0. The van der Waals surface area contributed by atoms with Crippen molar-refractivity contribution >= 4 is 11.0 Å². The summed E-state index contributed by atoms with van der Waals surface area (Å²) in [5.74, 6) is 1.04. The second-order valence-corrected chi connectivity index (χ2v) is 7.72. The zero-order valence-electron chi connectivity index (χ0n) is 17.0. The fourth-order valence-corrected chi connectivity index (χ4v) is 3.98. The first-order valence-corrected chi connectivity index (χ1v) is 10.4. The molecule has 0 aliphatic carbocycles. The van der Waals surface area contributed by atoms with Gasteiger partial charge in [-0.2, -0.15) is 0 Å². The van der Waals surface area contributed by atoms with Crippen LogP contribution in [-0.4, -0.2) is 65.1 Å². The topological polar surface area (TPSA) is 62.5 Å². The van der Waals surface area contributed by atoms with Crippen molar-refractivity contribution < 1.29 is 9.84 Å². The summed E-state index contributed by atoms with van der Waals surface area (Å²) in [7, 11) is 2.07. The lowest BCUT2D eigenvalue weighted by Crippen LogP contribution is -2.44. The molecule has 29 heavy (non-hydrogen) atoms. The Morgan fingerprint density at radius 1 is 1.07 bits per heavy atom. The quantitative estimate of drug-likeness (QED) is 0.613. The highest BCUT2D eigenvalue weighted by Crippen LogP contribution is 2.21. The molecular formula is C23H30N4O2. The van der Waals surface area contributed by atoms with Gasteiger partial charge in [0.05, 0.1) is 30.4 Å². The maximum atomic E-state index is 10.6. The number of benzene rings is 2. The summed E-state index contributed by atoms with van der Waals surface area (Å²) < 4.78 is 7.56. The van der Waals surface area contributed by atoms with Crippen molar-refractivity contribution in [3.8, 4) is 0 Å². The van der Waals surface area contributed by atoms with Gasteiger partial charge in [-0.3, -0.25) is 4.90 Å². The number of ether oxygens (including phenoxy) is 1. The third-order valence-electron chi connectivity index (χ3n) is 5.64. The number of fused-ring (bicyclic) bond motifs is 1. The second kappa shape index (κ2) is 9.50. The maximum Gasteiger partial charge on any atom is 0.111 e. The lowest BCUT2D eigenvalue weighted by molar-refractivity contribution is 0.0144. The number of morpholine rings is 1. The van der Waals surface area contributed by atoms with Gasteiger partial charge in [0.2, 0.25) is 0 Å². The summed E-state index contributed by atoms with van der Waals surface area (Å²) in [5, 5.41) is 14.2. The van der Waals surface area contributed by atoms with Crippen molar-refractivity contribution in [2.75, 3.05) is 39.4 Å². The van der Waals surface area contributed by atoms with E-state index < -0.39 is 6.10 Å². The number of nitrogens with zero attached hydrogens (tertiary/aromatic N) is 3. The molecule has 0 unspecified atom stereocenters. The number of para-hydroxylation sites is 2. The van der Waals surface area contributed by atoms with Gasteiger partial charge < -0.3 is 19.7 Å². The smallest absolute Gasteiger partial charge is 0.111 e. The molecule has 2 N–H and O–H groups in total. The Balaban J connectivity index is 1.45. The van der Waals surface area contributed by atoms with E-state index in [-0.39, 0.29) is 6.04 Å². The highest BCUT2D eigenvalue weighted by molar-refractivity contribution is 5.75. The molecule has 2 heterocycles. The number of aliphatic hydroxyl groups excluding tert-OH is 1. The molecule has 0 radical (unpaired) electrons. The number of aliphatic hydroxyl groups is 1. The fraction of sp³-hybridized carbons (Fsp3) is 0.435. The van der Waals surface area contributed by atoms with Crippen molar-refractivity contribution in [3.63, 3.8) is 0 Å². The minimum Gasteiger partial charge on any atom is -0.390 e. The molecule has 2 aromatic carbocycles. The largest absolute Gasteiger partial charge is 0.390 e. The zero-order valence-corrected chi connectivity index (χ0v) is 17.0. The predicted octanol–water partition coefficient (Wildman–Crippen LogP) is 2.14. The minimum absolute atomic E-state index is 0.0889. The first-order chi connectivity index (χ1) is 14.2. The summed E-state index contributed by atoms with van der Waals surface area (Å²) >= 11 is 0. The summed E-state index contributed by atoms with van der Waals surface area (Å²) in [6.45, 7) is 4.49. The maximum absolute atomic E-state index is 10.6. The van der Waals surface area contributed by atoms with Crippen LogP contribution < -0.4 is 5.32 Å². The normalized spacial score (nSPS) is 17.4. The number of aryl methyl sites for hydroxylation is 1. The fourth-order valence-electron chi connectivity index (χ4n) is 3.98. The monoisotopic (exact) mass is 394 g/mol. The molecule has 1 fully saturated rings.